The van der Waals surface area contributed by atoms with Crippen LogP contribution in [0.25, 0.3) is 22.2 Å². The molecule has 2 heterocycles. The summed E-state index contributed by atoms with van der Waals surface area (Å²) in [6.07, 6.45) is -1.58. The lowest BCUT2D eigenvalue weighted by atomic mass is 10.0. The van der Waals surface area contributed by atoms with Gasteiger partial charge in [-0.1, -0.05) is 12.1 Å². The van der Waals surface area contributed by atoms with Crippen LogP contribution < -0.4 is 5.69 Å². The maximum Gasteiger partial charge on any atom is 0.418 e. The molecule has 0 aliphatic rings. The van der Waals surface area contributed by atoms with Crippen molar-refractivity contribution in [3.8, 4) is 11.3 Å². The normalized spacial score (nSPS) is 11.8. The predicted molar refractivity (Wildman–Crippen MR) is 70.6 cm³/mol. The highest BCUT2D eigenvalue weighted by Crippen LogP contribution is 2.35. The monoisotopic (exact) mass is 291 g/mol. The van der Waals surface area contributed by atoms with Gasteiger partial charge in [0.05, 0.1) is 16.8 Å². The van der Waals surface area contributed by atoms with E-state index in [0.29, 0.717) is 5.56 Å². The second kappa shape index (κ2) is 4.69. The standard InChI is InChI=1S/C14H8F3N3O/c15-14(16,17)10-5-1-4-9-11(8-3-2-6-18-7-8)19-13(21)20-12(9)10/h1-7H,(H,19,20,21). The Morgan fingerprint density at radius 2 is 1.90 bits per heavy atom. The van der Waals surface area contributed by atoms with Gasteiger partial charge in [0, 0.05) is 23.3 Å². The number of fused-ring (bicyclic) bond motifs is 1. The topological polar surface area (TPSA) is 58.6 Å². The lowest BCUT2D eigenvalue weighted by Gasteiger charge is -2.11. The van der Waals surface area contributed by atoms with Gasteiger partial charge in [0.2, 0.25) is 0 Å². The Balaban J connectivity index is 2.41. The Labute approximate surface area is 116 Å². The van der Waals surface area contributed by atoms with Crippen LogP contribution in [-0.4, -0.2) is 15.0 Å². The number of pyridine rings is 1. The molecule has 106 valence electrons. The highest BCUT2D eigenvalue weighted by molar-refractivity contribution is 5.93. The third-order valence-corrected chi connectivity index (χ3v) is 3.01. The molecule has 21 heavy (non-hydrogen) atoms. The SMILES string of the molecule is O=c1nc2c(C(F)(F)F)cccc2c(-c2cccnc2)[nH]1. The summed E-state index contributed by atoms with van der Waals surface area (Å²) in [5.41, 5.74) is -1.35. The first-order valence-electron chi connectivity index (χ1n) is 5.97. The van der Waals surface area contributed by atoms with Gasteiger partial charge < -0.3 is 4.98 Å². The van der Waals surface area contributed by atoms with Crippen LogP contribution in [0.15, 0.2) is 47.5 Å². The van der Waals surface area contributed by atoms with Crippen LogP contribution in [0.1, 0.15) is 5.56 Å². The van der Waals surface area contributed by atoms with Gasteiger partial charge in [0.15, 0.2) is 0 Å². The van der Waals surface area contributed by atoms with E-state index in [-0.39, 0.29) is 16.6 Å². The summed E-state index contributed by atoms with van der Waals surface area (Å²) in [6.45, 7) is 0. The largest absolute Gasteiger partial charge is 0.418 e. The summed E-state index contributed by atoms with van der Waals surface area (Å²) < 4.78 is 39.1. The zero-order valence-corrected chi connectivity index (χ0v) is 10.5. The number of hydrogen-bond acceptors (Lipinski definition) is 3. The first-order chi connectivity index (χ1) is 9.97. The molecule has 0 saturated carbocycles. The molecule has 3 aromatic rings. The molecule has 1 N–H and O–H groups in total. The number of alkyl halides is 3. The van der Waals surface area contributed by atoms with Crippen molar-refractivity contribution in [2.45, 2.75) is 6.18 Å². The van der Waals surface area contributed by atoms with Crippen molar-refractivity contribution in [2.75, 3.05) is 0 Å². The van der Waals surface area contributed by atoms with Crippen molar-refractivity contribution in [3.05, 3.63) is 58.8 Å². The molecule has 7 heteroatoms. The summed E-state index contributed by atoms with van der Waals surface area (Å²) in [7, 11) is 0. The van der Waals surface area contributed by atoms with Crippen molar-refractivity contribution in [3.63, 3.8) is 0 Å². The van der Waals surface area contributed by atoms with E-state index in [1.54, 1.807) is 12.1 Å². The smallest absolute Gasteiger partial charge is 0.305 e. The summed E-state index contributed by atoms with van der Waals surface area (Å²) >= 11 is 0. The fourth-order valence-corrected chi connectivity index (χ4v) is 2.14. The molecule has 0 atom stereocenters. The third-order valence-electron chi connectivity index (χ3n) is 3.01. The fraction of sp³-hybridized carbons (Fsp3) is 0.0714. The molecule has 2 aromatic heterocycles. The van der Waals surface area contributed by atoms with Gasteiger partial charge in [-0.05, 0) is 18.2 Å². The molecule has 4 nitrogen and oxygen atoms in total. The van der Waals surface area contributed by atoms with E-state index in [4.69, 9.17) is 0 Å². The van der Waals surface area contributed by atoms with Crippen molar-refractivity contribution >= 4 is 10.9 Å². The van der Waals surface area contributed by atoms with Crippen LogP contribution in [0.4, 0.5) is 13.2 Å². The third kappa shape index (κ3) is 2.37. The van der Waals surface area contributed by atoms with Crippen molar-refractivity contribution in [1.29, 1.82) is 0 Å². The molecular weight excluding hydrogens is 283 g/mol. The molecule has 0 bridgehead atoms. The number of aromatic amines is 1. The van der Waals surface area contributed by atoms with Crippen molar-refractivity contribution < 1.29 is 13.2 Å². The first kappa shape index (κ1) is 13.3. The Morgan fingerprint density at radius 1 is 1.10 bits per heavy atom. The Kier molecular flexibility index (Phi) is 2.97. The second-order valence-electron chi connectivity index (χ2n) is 4.36. The quantitative estimate of drug-likeness (QED) is 0.749. The Morgan fingerprint density at radius 3 is 2.57 bits per heavy atom. The number of halogens is 3. The Bertz CT molecular complexity index is 857. The van der Waals surface area contributed by atoms with Crippen LogP contribution in [0.3, 0.4) is 0 Å². The minimum atomic E-state index is -4.58. The van der Waals surface area contributed by atoms with E-state index in [0.717, 1.165) is 6.07 Å². The zero-order valence-electron chi connectivity index (χ0n) is 10.5. The maximum absolute atomic E-state index is 13.0. The van der Waals surface area contributed by atoms with E-state index in [1.165, 1.54) is 24.5 Å². The summed E-state index contributed by atoms with van der Waals surface area (Å²) in [6, 6.07) is 6.95. The molecule has 0 aliphatic carbocycles. The Hall–Kier alpha value is -2.70. The molecule has 0 unspecified atom stereocenters. The van der Waals surface area contributed by atoms with E-state index < -0.39 is 17.4 Å². The molecular formula is C14H8F3N3O. The minimum Gasteiger partial charge on any atom is -0.305 e. The number of aromatic nitrogens is 3. The molecule has 0 amide bonds. The molecule has 0 aliphatic heterocycles. The summed E-state index contributed by atoms with van der Waals surface area (Å²) in [5, 5.41) is 0.220. The molecule has 0 radical (unpaired) electrons. The number of para-hydroxylation sites is 1. The van der Waals surface area contributed by atoms with E-state index >= 15 is 0 Å². The molecule has 0 fully saturated rings. The lowest BCUT2D eigenvalue weighted by Crippen LogP contribution is -2.15. The zero-order chi connectivity index (χ0) is 15.0. The molecule has 0 saturated heterocycles. The number of nitrogens with one attached hydrogen (secondary N) is 1. The number of rotatable bonds is 1. The minimum absolute atomic E-state index is 0.220. The molecule has 1 aromatic carbocycles. The van der Waals surface area contributed by atoms with Gasteiger partial charge in [-0.15, -0.1) is 0 Å². The number of nitrogens with zero attached hydrogens (tertiary/aromatic N) is 2. The van der Waals surface area contributed by atoms with Crippen molar-refractivity contribution in [1.82, 2.24) is 15.0 Å². The average Bonchev–Trinajstić information content (AvgIpc) is 2.45. The van der Waals surface area contributed by atoms with E-state index in [1.807, 2.05) is 0 Å². The van der Waals surface area contributed by atoms with Gasteiger partial charge >= 0.3 is 11.9 Å². The van der Waals surface area contributed by atoms with Crippen LogP contribution in [0.5, 0.6) is 0 Å². The van der Waals surface area contributed by atoms with Crippen LogP contribution in [0, 0.1) is 0 Å². The van der Waals surface area contributed by atoms with Gasteiger partial charge in [-0.2, -0.15) is 18.2 Å². The van der Waals surface area contributed by atoms with Gasteiger partial charge in [-0.3, -0.25) is 4.98 Å². The fourth-order valence-electron chi connectivity index (χ4n) is 2.14. The lowest BCUT2D eigenvalue weighted by molar-refractivity contribution is -0.136. The second-order valence-corrected chi connectivity index (χ2v) is 4.36. The number of hydrogen-bond donors (Lipinski definition) is 1. The maximum atomic E-state index is 13.0. The summed E-state index contributed by atoms with van der Waals surface area (Å²) in [4.78, 5) is 21.5. The molecule has 3 rings (SSSR count). The van der Waals surface area contributed by atoms with Crippen LogP contribution in [0.2, 0.25) is 0 Å². The van der Waals surface area contributed by atoms with Gasteiger partial charge in [0.25, 0.3) is 0 Å². The highest BCUT2D eigenvalue weighted by Gasteiger charge is 2.33. The van der Waals surface area contributed by atoms with E-state index in [2.05, 4.69) is 15.0 Å². The average molecular weight is 291 g/mol. The predicted octanol–water partition coefficient (Wildman–Crippen LogP) is 3.00. The van der Waals surface area contributed by atoms with Crippen molar-refractivity contribution in [2.24, 2.45) is 0 Å². The van der Waals surface area contributed by atoms with Crippen LogP contribution >= 0.6 is 0 Å². The first-order valence-corrected chi connectivity index (χ1v) is 5.97. The van der Waals surface area contributed by atoms with Gasteiger partial charge in [-0.25, -0.2) is 4.79 Å². The number of benzene rings is 1. The van der Waals surface area contributed by atoms with E-state index in [9.17, 15) is 18.0 Å². The summed E-state index contributed by atoms with van der Waals surface area (Å²) in [5.74, 6) is 0. The highest BCUT2D eigenvalue weighted by atomic mass is 19.4. The number of H-pyrrole nitrogens is 1. The molecule has 0 spiro atoms. The van der Waals surface area contributed by atoms with Crippen LogP contribution in [-0.2, 0) is 6.18 Å². The van der Waals surface area contributed by atoms with Gasteiger partial charge in [0.1, 0.15) is 0 Å².